The third kappa shape index (κ3) is 5.38. The van der Waals surface area contributed by atoms with Crippen LogP contribution in [-0.4, -0.2) is 34.9 Å². The van der Waals surface area contributed by atoms with Gasteiger partial charge in [0.25, 0.3) is 0 Å². The fraction of sp³-hybridized carbons (Fsp3) is 0.286. The summed E-state index contributed by atoms with van der Waals surface area (Å²) >= 11 is 1.03. The zero-order chi connectivity index (χ0) is 15.6. The standard InChI is InChI=1S/C14H12F3NO2S.Al.Li.4H/c1-3-20-13(19)11-8(2)18-12(21-11)9-5-4-6-10(7-9)14(15,16)17;;;;;;/h4-7H,3H2,1-2H3;;;;;;/q;+3;+1;4*-1. The Hall–Kier alpha value is -0.760. The van der Waals surface area contributed by atoms with E-state index < -0.39 is 17.7 Å². The molecule has 23 heavy (non-hydrogen) atoms. The molecule has 0 saturated heterocycles. The van der Waals surface area contributed by atoms with Crippen LogP contribution in [0.1, 0.15) is 33.6 Å². The minimum absolute atomic E-state index is 0. The van der Waals surface area contributed by atoms with Gasteiger partial charge in [0.05, 0.1) is 17.9 Å². The number of hydrogen-bond acceptors (Lipinski definition) is 4. The second-order valence-corrected chi connectivity index (χ2v) is 5.23. The first-order chi connectivity index (χ1) is 9.82. The van der Waals surface area contributed by atoms with Gasteiger partial charge < -0.3 is 10.4 Å². The van der Waals surface area contributed by atoms with E-state index in [9.17, 15) is 18.0 Å². The number of aromatic nitrogens is 1. The topological polar surface area (TPSA) is 39.2 Å². The third-order valence-electron chi connectivity index (χ3n) is 2.69. The van der Waals surface area contributed by atoms with Crippen molar-refractivity contribution in [1.29, 1.82) is 0 Å². The summed E-state index contributed by atoms with van der Waals surface area (Å²) in [5, 5.41) is 0.363. The predicted octanol–water partition coefficient (Wildman–Crippen LogP) is 1.39. The number of benzene rings is 1. The number of thiazole rings is 1. The van der Waals surface area contributed by atoms with E-state index in [-0.39, 0.29) is 48.5 Å². The summed E-state index contributed by atoms with van der Waals surface area (Å²) in [5.41, 5.74) is 0.0323. The summed E-state index contributed by atoms with van der Waals surface area (Å²) < 4.78 is 43.0. The molecule has 2 aromatic rings. The first kappa shape index (κ1) is 22.2. The zero-order valence-corrected chi connectivity index (χ0v) is 14.9. The van der Waals surface area contributed by atoms with Gasteiger partial charge in [-0.15, -0.1) is 11.3 Å². The van der Waals surface area contributed by atoms with Crippen molar-refractivity contribution >= 4 is 34.7 Å². The van der Waals surface area contributed by atoms with Crippen LogP contribution in [0.3, 0.4) is 0 Å². The second-order valence-electron chi connectivity index (χ2n) is 4.23. The summed E-state index contributed by atoms with van der Waals surface area (Å²) in [5.74, 6) is -0.509. The number of rotatable bonds is 3. The Morgan fingerprint density at radius 2 is 2.04 bits per heavy atom. The summed E-state index contributed by atoms with van der Waals surface area (Å²) in [7, 11) is 0. The van der Waals surface area contributed by atoms with Crippen LogP contribution in [0.25, 0.3) is 10.6 Å². The summed E-state index contributed by atoms with van der Waals surface area (Å²) in [6, 6.07) is 4.87. The fourth-order valence-electron chi connectivity index (χ4n) is 1.73. The normalized spacial score (nSPS) is 10.5. The van der Waals surface area contributed by atoms with Crippen molar-refractivity contribution in [2.45, 2.75) is 20.0 Å². The van der Waals surface area contributed by atoms with Crippen LogP contribution in [0, 0.1) is 6.92 Å². The molecule has 0 spiro atoms. The van der Waals surface area contributed by atoms with Crippen molar-refractivity contribution < 1.29 is 47.3 Å². The smallest absolute Gasteiger partial charge is 1.00 e. The maximum Gasteiger partial charge on any atom is 3.00 e. The molecule has 2 rings (SSSR count). The number of hydrogen-bond donors (Lipinski definition) is 0. The first-order valence-corrected chi connectivity index (χ1v) is 6.96. The van der Waals surface area contributed by atoms with Crippen LogP contribution in [-0.2, 0) is 10.9 Å². The zero-order valence-electron chi connectivity index (χ0n) is 16.9. The van der Waals surface area contributed by atoms with Crippen molar-refractivity contribution in [2.75, 3.05) is 6.61 Å². The molecule has 0 unspecified atom stereocenters. The molecule has 1 aromatic carbocycles. The van der Waals surface area contributed by atoms with Crippen LogP contribution < -0.4 is 18.9 Å². The van der Waals surface area contributed by atoms with Crippen molar-refractivity contribution in [2.24, 2.45) is 0 Å². The van der Waals surface area contributed by atoms with E-state index in [1.807, 2.05) is 0 Å². The van der Waals surface area contributed by atoms with E-state index in [2.05, 4.69) is 4.98 Å². The van der Waals surface area contributed by atoms with Gasteiger partial charge in [0.15, 0.2) is 0 Å². The molecule has 0 aliphatic heterocycles. The molecule has 0 amide bonds. The summed E-state index contributed by atoms with van der Waals surface area (Å²) in [6.07, 6.45) is -4.41. The number of alkyl halides is 3. The Morgan fingerprint density at radius 1 is 1.39 bits per heavy atom. The second kappa shape index (κ2) is 8.92. The van der Waals surface area contributed by atoms with Gasteiger partial charge in [-0.25, -0.2) is 9.78 Å². The van der Waals surface area contributed by atoms with Crippen molar-refractivity contribution in [3.05, 3.63) is 40.4 Å². The molecule has 9 heteroatoms. The fourth-order valence-corrected chi connectivity index (χ4v) is 2.69. The van der Waals surface area contributed by atoms with E-state index >= 15 is 0 Å². The van der Waals surface area contributed by atoms with E-state index in [1.54, 1.807) is 13.8 Å². The molecule has 0 N–H and O–H groups in total. The number of aryl methyl sites for hydroxylation is 1. The first-order valence-electron chi connectivity index (χ1n) is 6.15. The van der Waals surface area contributed by atoms with Gasteiger partial charge in [-0.1, -0.05) is 12.1 Å². The molecule has 0 aliphatic rings. The van der Waals surface area contributed by atoms with Gasteiger partial charge >= 0.3 is 48.4 Å². The third-order valence-corrected chi connectivity index (χ3v) is 3.88. The Bertz CT molecular complexity index is 693. The maximum atomic E-state index is 12.7. The number of carbonyl (C=O) groups excluding carboxylic acids is 1. The Morgan fingerprint density at radius 3 is 2.61 bits per heavy atom. The molecule has 0 bridgehead atoms. The largest absolute Gasteiger partial charge is 3.00 e. The van der Waals surface area contributed by atoms with Crippen LogP contribution >= 0.6 is 11.3 Å². The van der Waals surface area contributed by atoms with E-state index in [1.165, 1.54) is 12.1 Å². The molecular formula is C14H16AlF3LiNO2S. The SMILES string of the molecule is CCOC(=O)c1sc(-c2cccc(C(F)(F)F)c2)nc1C.[Al+3].[H-].[H-].[H-].[H-].[Li+]. The molecular weight excluding hydrogens is 337 g/mol. The Labute approximate surface area is 164 Å². The van der Waals surface area contributed by atoms with Crippen molar-refractivity contribution in [1.82, 2.24) is 4.98 Å². The molecule has 0 atom stereocenters. The monoisotopic (exact) mass is 353 g/mol. The maximum absolute atomic E-state index is 12.7. The number of nitrogens with zero attached hydrogens (tertiary/aromatic N) is 1. The van der Waals surface area contributed by atoms with Gasteiger partial charge in [0.2, 0.25) is 0 Å². The Balaban J connectivity index is -0.000000269. The van der Waals surface area contributed by atoms with Gasteiger partial charge in [-0.2, -0.15) is 13.2 Å². The average Bonchev–Trinajstić information content (AvgIpc) is 2.80. The van der Waals surface area contributed by atoms with Crippen LogP contribution in [0.15, 0.2) is 24.3 Å². The average molecular weight is 353 g/mol. The summed E-state index contributed by atoms with van der Waals surface area (Å²) in [6.45, 7) is 3.54. The van der Waals surface area contributed by atoms with Crippen LogP contribution in [0.2, 0.25) is 0 Å². The molecule has 1 heterocycles. The summed E-state index contributed by atoms with van der Waals surface area (Å²) in [4.78, 5) is 16.2. The number of ether oxygens (including phenoxy) is 1. The van der Waals surface area contributed by atoms with Gasteiger partial charge in [0.1, 0.15) is 9.88 Å². The van der Waals surface area contributed by atoms with Gasteiger partial charge in [0, 0.05) is 5.56 Å². The van der Waals surface area contributed by atoms with E-state index in [0.717, 1.165) is 23.5 Å². The molecule has 3 nitrogen and oxygen atoms in total. The number of carbonyl (C=O) groups is 1. The Kier molecular flexibility index (Phi) is 8.62. The van der Waals surface area contributed by atoms with E-state index in [0.29, 0.717) is 21.1 Å². The minimum atomic E-state index is -4.41. The van der Waals surface area contributed by atoms with Gasteiger partial charge in [-0.3, -0.25) is 0 Å². The van der Waals surface area contributed by atoms with Crippen molar-refractivity contribution in [3.8, 4) is 10.6 Å². The molecule has 0 saturated carbocycles. The van der Waals surface area contributed by atoms with Crippen molar-refractivity contribution in [3.63, 3.8) is 0 Å². The predicted molar refractivity (Wildman–Crippen MR) is 83.4 cm³/mol. The molecule has 120 valence electrons. The quantitative estimate of drug-likeness (QED) is 0.618. The van der Waals surface area contributed by atoms with E-state index in [4.69, 9.17) is 4.74 Å². The molecule has 0 radical (unpaired) electrons. The van der Waals surface area contributed by atoms with Crippen LogP contribution in [0.4, 0.5) is 13.2 Å². The van der Waals surface area contributed by atoms with Crippen LogP contribution in [0.5, 0.6) is 0 Å². The number of esters is 1. The molecule has 0 fully saturated rings. The number of halogens is 3. The minimum Gasteiger partial charge on any atom is -1.00 e. The van der Waals surface area contributed by atoms with Gasteiger partial charge in [-0.05, 0) is 26.0 Å². The molecule has 0 aliphatic carbocycles. The molecule has 1 aromatic heterocycles.